The van der Waals surface area contributed by atoms with Gasteiger partial charge in [0.05, 0.1) is 0 Å². The monoisotopic (exact) mass is 471 g/mol. The lowest BCUT2D eigenvalue weighted by Crippen LogP contribution is -2.05. The van der Waals surface area contributed by atoms with Gasteiger partial charge in [-0.1, -0.05) is 155 Å². The molecule has 0 saturated carbocycles. The van der Waals surface area contributed by atoms with Crippen molar-refractivity contribution in [3.05, 3.63) is 76.4 Å². The Morgan fingerprint density at radius 3 is 1.12 bits per heavy atom. The summed E-state index contributed by atoms with van der Waals surface area (Å²) in [6.07, 6.45) is 6.72. The third-order valence-electron chi connectivity index (χ3n) is 4.77. The van der Waals surface area contributed by atoms with Crippen molar-refractivity contribution in [3.8, 4) is 0 Å². The summed E-state index contributed by atoms with van der Waals surface area (Å²) in [5.41, 5.74) is 13.5. The lowest BCUT2D eigenvalue weighted by Gasteiger charge is -2.16. The van der Waals surface area contributed by atoms with E-state index in [0.717, 1.165) is 0 Å². The zero-order valence-electron chi connectivity index (χ0n) is 25.4. The summed E-state index contributed by atoms with van der Waals surface area (Å²) in [6.45, 7) is 27.8. The van der Waals surface area contributed by atoms with Gasteiger partial charge in [-0.25, -0.2) is 0 Å². The summed E-state index contributed by atoms with van der Waals surface area (Å²) < 4.78 is 0. The molecule has 0 aliphatic rings. The Kier molecular flexibility index (Phi) is 36.0. The molecule has 0 atom stereocenters. The predicted octanol–water partition coefficient (Wildman–Crippen LogP) is 11.2. The third kappa shape index (κ3) is 18.6. The minimum absolute atomic E-state index is 0.581. The Morgan fingerprint density at radius 2 is 0.912 bits per heavy atom. The topological polar surface area (TPSA) is 26.0 Å². The van der Waals surface area contributed by atoms with Crippen LogP contribution in [0.15, 0.2) is 54.1 Å². The number of unbranched alkanes of at least 4 members (excludes halogenated alkanes) is 3. The summed E-state index contributed by atoms with van der Waals surface area (Å²) in [5, 5.41) is 0. The van der Waals surface area contributed by atoms with E-state index in [1.54, 1.807) is 0 Å². The zero-order valence-corrected chi connectivity index (χ0v) is 25.4. The van der Waals surface area contributed by atoms with Crippen molar-refractivity contribution in [3.63, 3.8) is 0 Å². The van der Waals surface area contributed by atoms with Gasteiger partial charge in [-0.05, 0) is 48.6 Å². The molecule has 1 nitrogen and oxygen atoms in total. The highest BCUT2D eigenvalue weighted by atomic mass is 14.5. The molecule has 1 heteroatoms. The third-order valence-corrected chi connectivity index (χ3v) is 4.77. The average molecular weight is 472 g/mol. The van der Waals surface area contributed by atoms with Crippen molar-refractivity contribution in [2.45, 2.75) is 122 Å². The van der Waals surface area contributed by atoms with E-state index in [2.05, 4.69) is 97.0 Å². The Bertz CT molecular complexity index is 631. The summed E-state index contributed by atoms with van der Waals surface area (Å²) in [6, 6.07) is 17.0. The van der Waals surface area contributed by atoms with E-state index in [0.29, 0.717) is 6.54 Å². The quantitative estimate of drug-likeness (QED) is 0.445. The average Bonchev–Trinajstić information content (AvgIpc) is 2.90. The molecule has 0 aromatic heterocycles. The number of aryl methyl sites for hydroxylation is 2. The molecule has 0 radical (unpaired) electrons. The first kappa shape index (κ1) is 39.4. The molecule has 2 rings (SSSR count). The molecule has 0 saturated heterocycles. The van der Waals surface area contributed by atoms with Crippen LogP contribution in [0.5, 0.6) is 0 Å². The summed E-state index contributed by atoms with van der Waals surface area (Å²) >= 11 is 0. The highest BCUT2D eigenvalue weighted by molar-refractivity contribution is 5.84. The number of hydrogen-bond donors (Lipinski definition) is 1. The molecule has 0 unspecified atom stereocenters. The largest absolute Gasteiger partial charge is 0.327 e. The second kappa shape index (κ2) is 31.1. The van der Waals surface area contributed by atoms with E-state index in [-0.39, 0.29) is 0 Å². The van der Waals surface area contributed by atoms with Crippen LogP contribution in [0, 0.1) is 13.8 Å². The normalized spacial score (nSPS) is 8.41. The van der Waals surface area contributed by atoms with Crippen molar-refractivity contribution >= 4 is 5.57 Å². The summed E-state index contributed by atoms with van der Waals surface area (Å²) in [4.78, 5) is 0. The highest BCUT2D eigenvalue weighted by Crippen LogP contribution is 2.30. The van der Waals surface area contributed by atoms with Gasteiger partial charge in [-0.3, -0.25) is 0 Å². The number of benzene rings is 2. The number of rotatable bonds is 6. The molecule has 0 heterocycles. The van der Waals surface area contributed by atoms with E-state index < -0.39 is 0 Å². The van der Waals surface area contributed by atoms with Crippen molar-refractivity contribution in [1.82, 2.24) is 0 Å². The molecule has 2 aromatic carbocycles. The second-order valence-electron chi connectivity index (χ2n) is 7.34. The maximum atomic E-state index is 5.89. The van der Waals surface area contributed by atoms with Gasteiger partial charge in [0, 0.05) is 6.54 Å². The Hall–Kier alpha value is -1.86. The van der Waals surface area contributed by atoms with E-state index in [1.807, 2.05) is 41.5 Å². The van der Waals surface area contributed by atoms with E-state index in [4.69, 9.17) is 5.73 Å². The first-order valence-corrected chi connectivity index (χ1v) is 14.0. The van der Waals surface area contributed by atoms with Gasteiger partial charge >= 0.3 is 0 Å². The summed E-state index contributed by atoms with van der Waals surface area (Å²) in [5.74, 6) is 0. The lowest BCUT2D eigenvalue weighted by molar-refractivity contribution is 0.772. The minimum atomic E-state index is 0.581. The zero-order chi connectivity index (χ0) is 27.4. The van der Waals surface area contributed by atoms with Crippen molar-refractivity contribution in [1.29, 1.82) is 0 Å². The molecule has 0 aliphatic carbocycles. The molecule has 2 N–H and O–H groups in total. The maximum absolute atomic E-state index is 5.89. The molecular formula is C33H61N. The van der Waals surface area contributed by atoms with Crippen LogP contribution in [0.3, 0.4) is 0 Å². The molecule has 2 aromatic rings. The van der Waals surface area contributed by atoms with E-state index in [9.17, 15) is 0 Å². The SMILES string of the molecule is CC.CC.CC.CC(CN)=C(c1ccccc1C)c1ccccc1C.CCCC.CCCCC. The van der Waals surface area contributed by atoms with Crippen LogP contribution in [-0.2, 0) is 0 Å². The molecule has 34 heavy (non-hydrogen) atoms. The fourth-order valence-corrected chi connectivity index (χ4v) is 2.77. The van der Waals surface area contributed by atoms with Crippen molar-refractivity contribution in [2.24, 2.45) is 5.73 Å². The molecular weight excluding hydrogens is 410 g/mol. The minimum Gasteiger partial charge on any atom is -0.327 e. The van der Waals surface area contributed by atoms with Crippen LogP contribution in [0.2, 0.25) is 0 Å². The fourth-order valence-electron chi connectivity index (χ4n) is 2.77. The fraction of sp³-hybridized carbons (Fsp3) is 0.576. The first-order valence-electron chi connectivity index (χ1n) is 14.0. The summed E-state index contributed by atoms with van der Waals surface area (Å²) in [7, 11) is 0. The molecule has 0 spiro atoms. The molecule has 198 valence electrons. The standard InChI is InChI=1S/C18H21N.C5H12.C4H10.3C2H6/c1-13-8-4-6-10-16(13)18(15(3)12-19)17-11-7-5-9-14(17)2;1-3-5-4-2;1-3-4-2;3*1-2/h4-11H,12,19H2,1-3H3;3-5H2,1-2H3;3-4H2,1-2H3;3*1-2H3. The maximum Gasteiger partial charge on any atom is 0.0143 e. The van der Waals surface area contributed by atoms with Crippen LogP contribution < -0.4 is 5.73 Å². The van der Waals surface area contributed by atoms with Crippen molar-refractivity contribution in [2.75, 3.05) is 6.54 Å². The molecule has 0 fully saturated rings. The highest BCUT2D eigenvalue weighted by Gasteiger charge is 2.12. The van der Waals surface area contributed by atoms with Gasteiger partial charge in [-0.2, -0.15) is 0 Å². The van der Waals surface area contributed by atoms with Crippen LogP contribution in [0.4, 0.5) is 0 Å². The van der Waals surface area contributed by atoms with E-state index >= 15 is 0 Å². The Labute approximate surface area is 216 Å². The van der Waals surface area contributed by atoms with Crippen LogP contribution in [0.25, 0.3) is 5.57 Å². The van der Waals surface area contributed by atoms with Crippen molar-refractivity contribution < 1.29 is 0 Å². The van der Waals surface area contributed by atoms with E-state index in [1.165, 1.54) is 65.5 Å². The number of hydrogen-bond acceptors (Lipinski definition) is 1. The Morgan fingerprint density at radius 1 is 0.588 bits per heavy atom. The Balaban J connectivity index is -0.000000250. The van der Waals surface area contributed by atoms with Crippen LogP contribution in [0.1, 0.15) is 131 Å². The molecule has 0 amide bonds. The predicted molar refractivity (Wildman–Crippen MR) is 163 cm³/mol. The number of nitrogens with two attached hydrogens (primary N) is 1. The van der Waals surface area contributed by atoms with Gasteiger partial charge in [0.1, 0.15) is 0 Å². The van der Waals surface area contributed by atoms with Gasteiger partial charge in [0.15, 0.2) is 0 Å². The van der Waals surface area contributed by atoms with Crippen LogP contribution in [-0.4, -0.2) is 6.54 Å². The molecule has 0 bridgehead atoms. The van der Waals surface area contributed by atoms with Gasteiger partial charge in [0.2, 0.25) is 0 Å². The van der Waals surface area contributed by atoms with Crippen LogP contribution >= 0.6 is 0 Å². The van der Waals surface area contributed by atoms with Gasteiger partial charge in [0.25, 0.3) is 0 Å². The molecule has 0 aliphatic heterocycles. The first-order chi connectivity index (χ1) is 16.5. The second-order valence-corrected chi connectivity index (χ2v) is 7.34. The van der Waals surface area contributed by atoms with Gasteiger partial charge in [-0.15, -0.1) is 0 Å². The van der Waals surface area contributed by atoms with Gasteiger partial charge < -0.3 is 5.73 Å². The lowest BCUT2D eigenvalue weighted by atomic mass is 9.88. The smallest absolute Gasteiger partial charge is 0.0143 e.